The molecule has 3 aliphatic heterocycles. The number of fused-ring (bicyclic) bond motifs is 1. The van der Waals surface area contributed by atoms with Crippen LogP contribution in [0.5, 0.6) is 5.75 Å². The highest BCUT2D eigenvalue weighted by Crippen LogP contribution is 2.41. The fourth-order valence-electron chi connectivity index (χ4n) is 5.45. The summed E-state index contributed by atoms with van der Waals surface area (Å²) < 4.78 is 35.9. The van der Waals surface area contributed by atoms with Gasteiger partial charge in [-0.1, -0.05) is 0 Å². The molecule has 1 amide bonds. The van der Waals surface area contributed by atoms with Gasteiger partial charge < -0.3 is 15.4 Å². The molecule has 0 atom stereocenters. The SMILES string of the molecule is CN=C1CC2(CCN(C(=O)C3(F)CCN(Cc4sc(N)nc4C)CC3)CC2)Oc2ccc(F)cc21. The molecule has 188 valence electrons. The van der Waals surface area contributed by atoms with Crippen LogP contribution in [0, 0.1) is 12.7 Å². The van der Waals surface area contributed by atoms with E-state index in [-0.39, 0.29) is 18.7 Å². The maximum atomic E-state index is 15.8. The van der Waals surface area contributed by atoms with Gasteiger partial charge in [0, 0.05) is 88.0 Å². The number of aliphatic imine (C=N–C) groups is 1. The first-order valence-corrected chi connectivity index (χ1v) is 12.9. The Kier molecular flexibility index (Phi) is 6.29. The van der Waals surface area contributed by atoms with Crippen molar-refractivity contribution in [1.82, 2.24) is 14.8 Å². The quantitative estimate of drug-likeness (QED) is 0.690. The van der Waals surface area contributed by atoms with Crippen molar-refractivity contribution in [3.63, 3.8) is 0 Å². The molecule has 1 aromatic carbocycles. The van der Waals surface area contributed by atoms with Gasteiger partial charge in [0.1, 0.15) is 17.2 Å². The van der Waals surface area contributed by atoms with E-state index in [4.69, 9.17) is 10.5 Å². The van der Waals surface area contributed by atoms with E-state index in [0.29, 0.717) is 68.4 Å². The van der Waals surface area contributed by atoms with Crippen LogP contribution in [0.1, 0.15) is 48.2 Å². The molecule has 10 heteroatoms. The van der Waals surface area contributed by atoms with Crippen LogP contribution in [0.15, 0.2) is 23.2 Å². The molecule has 7 nitrogen and oxygen atoms in total. The lowest BCUT2D eigenvalue weighted by atomic mass is 9.81. The predicted octanol–water partition coefficient (Wildman–Crippen LogP) is 3.74. The third-order valence-electron chi connectivity index (χ3n) is 7.61. The van der Waals surface area contributed by atoms with Gasteiger partial charge in [0.15, 0.2) is 10.8 Å². The van der Waals surface area contributed by atoms with Crippen molar-refractivity contribution < 1.29 is 18.3 Å². The zero-order valence-corrected chi connectivity index (χ0v) is 21.0. The van der Waals surface area contributed by atoms with Gasteiger partial charge in [-0.05, 0) is 25.1 Å². The van der Waals surface area contributed by atoms with E-state index in [9.17, 15) is 9.18 Å². The fourth-order valence-corrected chi connectivity index (χ4v) is 6.32. The third-order valence-corrected chi connectivity index (χ3v) is 8.58. The normalized spacial score (nSPS) is 22.7. The number of carbonyl (C=O) groups excluding carboxylic acids is 1. The number of hydrogen-bond acceptors (Lipinski definition) is 7. The third kappa shape index (κ3) is 4.65. The van der Waals surface area contributed by atoms with E-state index in [0.717, 1.165) is 16.3 Å². The number of halogens is 2. The Labute approximate surface area is 208 Å². The Hall–Kier alpha value is -2.59. The van der Waals surface area contributed by atoms with Crippen molar-refractivity contribution in [3.8, 4) is 5.75 Å². The van der Waals surface area contributed by atoms with Crippen molar-refractivity contribution in [2.24, 2.45) is 4.99 Å². The smallest absolute Gasteiger partial charge is 0.260 e. The molecule has 35 heavy (non-hydrogen) atoms. The molecule has 0 radical (unpaired) electrons. The summed E-state index contributed by atoms with van der Waals surface area (Å²) in [4.78, 5) is 26.8. The number of aryl methyl sites for hydroxylation is 1. The Balaban J connectivity index is 1.19. The van der Waals surface area contributed by atoms with E-state index in [1.807, 2.05) is 6.92 Å². The minimum absolute atomic E-state index is 0.183. The highest BCUT2D eigenvalue weighted by molar-refractivity contribution is 7.15. The number of alkyl halides is 1. The first-order chi connectivity index (χ1) is 16.7. The van der Waals surface area contributed by atoms with Gasteiger partial charge in [-0.3, -0.25) is 14.7 Å². The monoisotopic (exact) mass is 503 g/mol. The number of benzene rings is 1. The molecule has 0 aliphatic carbocycles. The van der Waals surface area contributed by atoms with Crippen molar-refractivity contribution >= 4 is 28.1 Å². The predicted molar refractivity (Wildman–Crippen MR) is 132 cm³/mol. The van der Waals surface area contributed by atoms with Gasteiger partial charge in [-0.25, -0.2) is 13.8 Å². The van der Waals surface area contributed by atoms with Crippen LogP contribution >= 0.6 is 11.3 Å². The number of nitrogens with two attached hydrogens (primary N) is 1. The first-order valence-electron chi connectivity index (χ1n) is 12.1. The Morgan fingerprint density at radius 1 is 1.23 bits per heavy atom. The number of aromatic nitrogens is 1. The molecule has 0 bridgehead atoms. The number of carbonyl (C=O) groups is 1. The van der Waals surface area contributed by atoms with E-state index in [2.05, 4.69) is 14.9 Å². The largest absolute Gasteiger partial charge is 0.486 e. The zero-order chi connectivity index (χ0) is 24.8. The van der Waals surface area contributed by atoms with Gasteiger partial charge in [0.2, 0.25) is 0 Å². The van der Waals surface area contributed by atoms with Crippen LogP contribution < -0.4 is 10.5 Å². The minimum Gasteiger partial charge on any atom is -0.486 e. The average Bonchev–Trinajstić information content (AvgIpc) is 3.16. The molecule has 2 saturated heterocycles. The van der Waals surface area contributed by atoms with E-state index in [1.165, 1.54) is 23.5 Å². The topological polar surface area (TPSA) is 84.1 Å². The number of nitrogens with zero attached hydrogens (tertiary/aromatic N) is 4. The number of nitrogen functional groups attached to an aromatic ring is 1. The number of rotatable bonds is 3. The molecule has 2 fully saturated rings. The Morgan fingerprint density at radius 2 is 1.94 bits per heavy atom. The molecule has 2 N–H and O–H groups in total. The van der Waals surface area contributed by atoms with E-state index >= 15 is 4.39 Å². The average molecular weight is 504 g/mol. The summed E-state index contributed by atoms with van der Waals surface area (Å²) in [5.74, 6) is -0.117. The number of anilines is 1. The lowest BCUT2D eigenvalue weighted by Gasteiger charge is -2.46. The molecule has 5 rings (SSSR count). The highest BCUT2D eigenvalue weighted by atomic mass is 32.1. The standard InChI is InChI=1S/C25H31F2N5O2S/c1-16-21(35-23(28)30-16)15-31-9-7-25(27,8-10-31)22(33)32-11-5-24(6-12-32)14-19(29-2)18-13-17(26)3-4-20(18)34-24/h3-4,13H,5-12,14-15H2,1-2H3,(H2,28,30). The molecule has 3 aliphatic rings. The van der Waals surface area contributed by atoms with Crippen LogP contribution in [-0.4, -0.2) is 70.9 Å². The molecular formula is C25H31F2N5O2S. The van der Waals surface area contributed by atoms with Crippen LogP contribution in [-0.2, 0) is 11.3 Å². The molecule has 1 spiro atoms. The lowest BCUT2D eigenvalue weighted by Crippen LogP contribution is -2.57. The molecule has 0 unspecified atom stereocenters. The lowest BCUT2D eigenvalue weighted by molar-refractivity contribution is -0.151. The molecule has 2 aromatic rings. The van der Waals surface area contributed by atoms with Crippen LogP contribution in [0.3, 0.4) is 0 Å². The van der Waals surface area contributed by atoms with Crippen LogP contribution in [0.2, 0.25) is 0 Å². The summed E-state index contributed by atoms with van der Waals surface area (Å²) in [7, 11) is 1.70. The first kappa shape index (κ1) is 24.1. The number of ether oxygens (including phenoxy) is 1. The highest BCUT2D eigenvalue weighted by Gasteiger charge is 2.48. The van der Waals surface area contributed by atoms with E-state index < -0.39 is 17.2 Å². The van der Waals surface area contributed by atoms with E-state index in [1.54, 1.807) is 18.0 Å². The van der Waals surface area contributed by atoms with Gasteiger partial charge in [-0.15, -0.1) is 11.3 Å². The van der Waals surface area contributed by atoms with Crippen molar-refractivity contribution in [3.05, 3.63) is 40.2 Å². The summed E-state index contributed by atoms with van der Waals surface area (Å²) in [6.07, 6.45) is 2.09. The molecule has 4 heterocycles. The fraction of sp³-hybridized carbons (Fsp3) is 0.560. The van der Waals surface area contributed by atoms with Gasteiger partial charge in [0.25, 0.3) is 5.91 Å². The summed E-state index contributed by atoms with van der Waals surface area (Å²) in [6.45, 7) is 4.51. The van der Waals surface area contributed by atoms with Gasteiger partial charge >= 0.3 is 0 Å². The second kappa shape index (κ2) is 9.13. The number of thiazole rings is 1. The summed E-state index contributed by atoms with van der Waals surface area (Å²) in [5.41, 5.74) is 5.86. The zero-order valence-electron chi connectivity index (χ0n) is 20.1. The number of hydrogen-bond donors (Lipinski definition) is 1. The maximum Gasteiger partial charge on any atom is 0.260 e. The summed E-state index contributed by atoms with van der Waals surface area (Å²) in [5, 5.41) is 0.544. The molecule has 1 aromatic heterocycles. The number of piperidine rings is 2. The van der Waals surface area contributed by atoms with Crippen LogP contribution in [0.4, 0.5) is 13.9 Å². The van der Waals surface area contributed by atoms with Crippen molar-refractivity contribution in [2.45, 2.75) is 56.8 Å². The van der Waals surface area contributed by atoms with Crippen molar-refractivity contribution in [2.75, 3.05) is 39.0 Å². The number of likely N-dealkylation sites (tertiary alicyclic amines) is 2. The Morgan fingerprint density at radius 3 is 2.57 bits per heavy atom. The minimum atomic E-state index is -1.84. The van der Waals surface area contributed by atoms with Crippen molar-refractivity contribution in [1.29, 1.82) is 0 Å². The summed E-state index contributed by atoms with van der Waals surface area (Å²) >= 11 is 1.46. The van der Waals surface area contributed by atoms with Gasteiger partial charge in [-0.2, -0.15) is 0 Å². The molecule has 0 saturated carbocycles. The molecular weight excluding hydrogens is 472 g/mol. The van der Waals surface area contributed by atoms with Gasteiger partial charge in [0.05, 0.1) is 5.69 Å². The second-order valence-corrected chi connectivity index (χ2v) is 11.0. The number of amides is 1. The summed E-state index contributed by atoms with van der Waals surface area (Å²) in [6, 6.07) is 4.47. The maximum absolute atomic E-state index is 15.8. The Bertz CT molecular complexity index is 1150. The van der Waals surface area contributed by atoms with Crippen LogP contribution in [0.25, 0.3) is 0 Å². The second-order valence-electron chi connectivity index (χ2n) is 9.87.